The predicted molar refractivity (Wildman–Crippen MR) is 131 cm³/mol. The highest BCUT2D eigenvalue weighted by molar-refractivity contribution is 7.99. The van der Waals surface area contributed by atoms with Crippen LogP contribution in [0, 0.1) is 11.8 Å². The average molecular weight is 451 g/mol. The Morgan fingerprint density at radius 1 is 1.09 bits per heavy atom. The molecule has 5 heteroatoms. The van der Waals surface area contributed by atoms with Crippen LogP contribution in [0.1, 0.15) is 93.8 Å². The number of rotatable bonds is 9. The van der Waals surface area contributed by atoms with Crippen LogP contribution in [0.15, 0.2) is 29.4 Å². The predicted octanol–water partition coefficient (Wildman–Crippen LogP) is 6.18. The number of carbonyl (C=O) groups is 1. The third-order valence-electron chi connectivity index (χ3n) is 6.63. The fourth-order valence-corrected chi connectivity index (χ4v) is 5.86. The lowest BCUT2D eigenvalue weighted by atomic mass is 9.72. The summed E-state index contributed by atoms with van der Waals surface area (Å²) in [5.74, 6) is 6.84. The Kier molecular flexibility index (Phi) is 8.75. The number of unbranched alkanes of at least 4 members (excludes halogenated alkanes) is 3. The van der Waals surface area contributed by atoms with Gasteiger partial charge in [0.2, 0.25) is 0 Å². The first-order chi connectivity index (χ1) is 15.5. The number of thioether (sulfide) groups is 1. The first-order valence-electron chi connectivity index (χ1n) is 11.9. The van der Waals surface area contributed by atoms with E-state index in [1.165, 1.54) is 60.1 Å². The van der Waals surface area contributed by atoms with Gasteiger partial charge in [0.05, 0.1) is 24.5 Å². The number of aryl methyl sites for hydroxylation is 1. The van der Waals surface area contributed by atoms with Gasteiger partial charge in [-0.2, -0.15) is 0 Å². The molecule has 0 amide bonds. The summed E-state index contributed by atoms with van der Waals surface area (Å²) < 4.78 is 0. The molecule has 1 N–H and O–H groups in total. The van der Waals surface area contributed by atoms with E-state index in [-0.39, 0.29) is 11.8 Å². The summed E-state index contributed by atoms with van der Waals surface area (Å²) in [7, 11) is 0. The summed E-state index contributed by atoms with van der Waals surface area (Å²) in [5, 5.41) is 8.91. The molecule has 1 aromatic heterocycles. The molecular formula is C27H34N2O2S. The molecule has 0 radical (unpaired) electrons. The van der Waals surface area contributed by atoms with Crippen LogP contribution >= 0.6 is 11.8 Å². The molecule has 1 aliphatic rings. The summed E-state index contributed by atoms with van der Waals surface area (Å²) >= 11 is 1.99. The molecule has 1 aromatic carbocycles. The number of benzene rings is 1. The van der Waals surface area contributed by atoms with Crippen molar-refractivity contribution in [2.75, 3.05) is 5.75 Å². The monoisotopic (exact) mass is 450 g/mol. The van der Waals surface area contributed by atoms with Gasteiger partial charge in [-0.1, -0.05) is 46.0 Å². The van der Waals surface area contributed by atoms with Gasteiger partial charge >= 0.3 is 5.97 Å². The van der Waals surface area contributed by atoms with Crippen molar-refractivity contribution < 1.29 is 9.90 Å². The second-order valence-corrected chi connectivity index (χ2v) is 9.75. The van der Waals surface area contributed by atoms with Crippen LogP contribution in [0.2, 0.25) is 0 Å². The molecule has 0 spiro atoms. The van der Waals surface area contributed by atoms with E-state index < -0.39 is 5.97 Å². The maximum atomic E-state index is 10.9. The van der Waals surface area contributed by atoms with E-state index >= 15 is 0 Å². The number of carboxylic acids is 1. The maximum absolute atomic E-state index is 10.9. The van der Waals surface area contributed by atoms with Crippen LogP contribution in [0.5, 0.6) is 0 Å². The van der Waals surface area contributed by atoms with E-state index in [9.17, 15) is 4.79 Å². The fraction of sp³-hybridized carbons (Fsp3) is 0.519. The lowest BCUT2D eigenvalue weighted by Crippen LogP contribution is -2.29. The Morgan fingerprint density at radius 3 is 2.56 bits per heavy atom. The number of hydrogen-bond acceptors (Lipinski definition) is 4. The van der Waals surface area contributed by atoms with Crippen molar-refractivity contribution >= 4 is 17.7 Å². The molecule has 32 heavy (non-hydrogen) atoms. The maximum Gasteiger partial charge on any atom is 0.309 e. The van der Waals surface area contributed by atoms with Crippen LogP contribution < -0.4 is 0 Å². The molecule has 2 aromatic rings. The highest BCUT2D eigenvalue weighted by Crippen LogP contribution is 2.47. The Morgan fingerprint density at radius 2 is 1.91 bits per heavy atom. The van der Waals surface area contributed by atoms with E-state index in [0.29, 0.717) is 11.4 Å². The highest BCUT2D eigenvalue weighted by Gasteiger charge is 2.34. The van der Waals surface area contributed by atoms with Gasteiger partial charge in [-0.3, -0.25) is 9.78 Å². The normalized spacial score (nSPS) is 14.3. The van der Waals surface area contributed by atoms with Gasteiger partial charge in [0.1, 0.15) is 5.69 Å². The Bertz CT molecular complexity index is 985. The number of nitrogens with zero attached hydrogens (tertiary/aromatic N) is 2. The molecule has 1 aliphatic heterocycles. The molecule has 0 atom stereocenters. The van der Waals surface area contributed by atoms with E-state index in [2.05, 4.69) is 54.7 Å². The molecular weight excluding hydrogens is 416 g/mol. The minimum absolute atomic E-state index is 0.124. The van der Waals surface area contributed by atoms with Crippen LogP contribution in [-0.2, 0) is 23.1 Å². The van der Waals surface area contributed by atoms with E-state index in [1.807, 2.05) is 11.8 Å². The van der Waals surface area contributed by atoms with Crippen LogP contribution in [0.4, 0.5) is 0 Å². The van der Waals surface area contributed by atoms with E-state index in [4.69, 9.17) is 5.11 Å². The average Bonchev–Trinajstić information content (AvgIpc) is 2.80. The zero-order valence-corrected chi connectivity index (χ0v) is 20.4. The van der Waals surface area contributed by atoms with Crippen molar-refractivity contribution in [3.05, 3.63) is 52.6 Å². The van der Waals surface area contributed by atoms with Crippen LogP contribution in [-0.4, -0.2) is 26.8 Å². The summed E-state index contributed by atoms with van der Waals surface area (Å²) in [6.45, 7) is 6.85. The molecule has 0 bridgehead atoms. The van der Waals surface area contributed by atoms with Crippen molar-refractivity contribution in [1.82, 2.24) is 9.97 Å². The lowest BCUT2D eigenvalue weighted by molar-refractivity contribution is -0.136. The van der Waals surface area contributed by atoms with Crippen molar-refractivity contribution in [2.24, 2.45) is 0 Å². The molecule has 170 valence electrons. The van der Waals surface area contributed by atoms with Gasteiger partial charge in [-0.25, -0.2) is 4.98 Å². The number of carboxylic acid groups (broad SMARTS) is 1. The van der Waals surface area contributed by atoms with Gasteiger partial charge in [-0.05, 0) is 72.5 Å². The first-order valence-corrected chi connectivity index (χ1v) is 12.8. The minimum Gasteiger partial charge on any atom is -0.481 e. The van der Waals surface area contributed by atoms with Crippen molar-refractivity contribution in [3.63, 3.8) is 0 Å². The Balaban J connectivity index is 1.95. The van der Waals surface area contributed by atoms with Gasteiger partial charge < -0.3 is 5.11 Å². The fourth-order valence-electron chi connectivity index (χ4n) is 4.49. The topological polar surface area (TPSA) is 63.1 Å². The molecule has 0 saturated heterocycles. The van der Waals surface area contributed by atoms with Crippen molar-refractivity contribution in [3.8, 4) is 11.8 Å². The van der Waals surface area contributed by atoms with Gasteiger partial charge in [0, 0.05) is 10.5 Å². The van der Waals surface area contributed by atoms with Crippen LogP contribution in [0.3, 0.4) is 0 Å². The summed E-state index contributed by atoms with van der Waals surface area (Å²) in [6.07, 6.45) is 12.5. The Hall–Kier alpha value is -2.32. The molecule has 0 saturated carbocycles. The zero-order valence-electron chi connectivity index (χ0n) is 19.5. The molecule has 0 unspecified atom stereocenters. The van der Waals surface area contributed by atoms with Gasteiger partial charge in [-0.15, -0.1) is 11.8 Å². The smallest absolute Gasteiger partial charge is 0.309 e. The number of hydrogen-bond donors (Lipinski definition) is 1. The molecule has 4 nitrogen and oxygen atoms in total. The first kappa shape index (κ1) is 24.3. The third-order valence-corrected chi connectivity index (χ3v) is 7.69. The number of aliphatic carboxylic acids is 1. The summed E-state index contributed by atoms with van der Waals surface area (Å²) in [4.78, 5) is 20.8. The highest BCUT2D eigenvalue weighted by atomic mass is 32.2. The minimum atomic E-state index is -0.909. The molecule has 0 aliphatic carbocycles. The quantitative estimate of drug-likeness (QED) is 0.365. The lowest BCUT2D eigenvalue weighted by Gasteiger charge is -2.38. The van der Waals surface area contributed by atoms with Crippen molar-refractivity contribution in [1.29, 1.82) is 0 Å². The van der Waals surface area contributed by atoms with Gasteiger partial charge in [0.25, 0.3) is 0 Å². The molecule has 0 fully saturated rings. The van der Waals surface area contributed by atoms with E-state index in [1.54, 1.807) is 6.20 Å². The van der Waals surface area contributed by atoms with E-state index in [0.717, 1.165) is 24.8 Å². The zero-order chi connectivity index (χ0) is 23.0. The number of aromatic nitrogens is 2. The molecule has 3 rings (SSSR count). The SMILES string of the molecule is CCCCCCc1cc2c(cc1C#Cc1cnc(CC(=O)O)cn1)C(CC)(CC)CCS2. The van der Waals surface area contributed by atoms with Gasteiger partial charge in [0.15, 0.2) is 0 Å². The van der Waals surface area contributed by atoms with Crippen LogP contribution in [0.25, 0.3) is 0 Å². The summed E-state index contributed by atoms with van der Waals surface area (Å²) in [6, 6.07) is 4.75. The van der Waals surface area contributed by atoms with Crippen molar-refractivity contribution in [2.45, 2.75) is 88.9 Å². The number of fused-ring (bicyclic) bond motifs is 1. The largest absolute Gasteiger partial charge is 0.481 e. The second-order valence-electron chi connectivity index (χ2n) is 8.62. The molecule has 2 heterocycles. The summed E-state index contributed by atoms with van der Waals surface area (Å²) in [5.41, 5.74) is 5.16. The second kappa shape index (κ2) is 11.5. The Labute approximate surface area is 196 Å². The third kappa shape index (κ3) is 5.92. The standard InChI is InChI=1S/C27H34N2O2S/c1-4-7-8-9-10-20-16-25-24(27(5-2,6-3)13-14-32-25)15-21(20)11-12-22-18-29-23(19-28-22)17-26(30)31/h15-16,18-19H,4-10,13-14,17H2,1-3H3,(H,30,31).